The average Bonchev–Trinajstić information content (AvgIpc) is 2.78. The molecule has 0 radical (unpaired) electrons. The zero-order valence-corrected chi connectivity index (χ0v) is 15.8. The number of benzene rings is 1. The van der Waals surface area contributed by atoms with Crippen molar-refractivity contribution >= 4 is 29.9 Å². The highest BCUT2D eigenvalue weighted by atomic mass is 16.5. The molecule has 0 bridgehead atoms. The van der Waals surface area contributed by atoms with Crippen LogP contribution < -0.4 is 5.32 Å². The molecular formula is C20H20N4O5. The molecular weight excluding hydrogens is 376 g/mol. The van der Waals surface area contributed by atoms with Crippen LogP contribution in [-0.2, 0) is 9.53 Å². The SMILES string of the molecule is COC(=O)c1ccc(NC(=O)c2cncc(C(=O)N3CCN(C=O)CC3)c2)cc1. The number of hydrogen-bond acceptors (Lipinski definition) is 6. The maximum atomic E-state index is 12.7. The number of anilines is 1. The van der Waals surface area contributed by atoms with Crippen LogP contribution in [0.3, 0.4) is 0 Å². The number of nitrogens with zero attached hydrogens (tertiary/aromatic N) is 3. The maximum Gasteiger partial charge on any atom is 0.337 e. The molecule has 1 aliphatic heterocycles. The molecule has 1 aromatic carbocycles. The Morgan fingerprint density at radius 2 is 1.66 bits per heavy atom. The third-order valence-electron chi connectivity index (χ3n) is 4.56. The quantitative estimate of drug-likeness (QED) is 0.597. The number of rotatable bonds is 5. The topological polar surface area (TPSA) is 109 Å². The van der Waals surface area contributed by atoms with Gasteiger partial charge in [0.25, 0.3) is 11.8 Å². The predicted molar refractivity (Wildman–Crippen MR) is 104 cm³/mol. The van der Waals surface area contributed by atoms with Crippen molar-refractivity contribution in [1.29, 1.82) is 0 Å². The summed E-state index contributed by atoms with van der Waals surface area (Å²) in [5.41, 5.74) is 1.40. The zero-order valence-electron chi connectivity index (χ0n) is 15.8. The van der Waals surface area contributed by atoms with Crippen molar-refractivity contribution in [2.45, 2.75) is 0 Å². The zero-order chi connectivity index (χ0) is 20.8. The Morgan fingerprint density at radius 1 is 1.00 bits per heavy atom. The van der Waals surface area contributed by atoms with Crippen molar-refractivity contribution in [3.05, 3.63) is 59.4 Å². The lowest BCUT2D eigenvalue weighted by molar-refractivity contribution is -0.119. The highest BCUT2D eigenvalue weighted by Crippen LogP contribution is 2.14. The number of esters is 1. The van der Waals surface area contributed by atoms with E-state index >= 15 is 0 Å². The number of piperazine rings is 1. The minimum atomic E-state index is -0.465. The molecule has 9 nitrogen and oxygen atoms in total. The van der Waals surface area contributed by atoms with Crippen molar-refractivity contribution in [3.8, 4) is 0 Å². The Kier molecular flexibility index (Phi) is 6.18. The molecule has 0 atom stereocenters. The predicted octanol–water partition coefficient (Wildman–Crippen LogP) is 1.03. The summed E-state index contributed by atoms with van der Waals surface area (Å²) in [6.45, 7) is 1.82. The molecule has 9 heteroatoms. The fraction of sp³-hybridized carbons (Fsp3) is 0.250. The molecule has 1 aliphatic rings. The smallest absolute Gasteiger partial charge is 0.337 e. The van der Waals surface area contributed by atoms with Gasteiger partial charge in [-0.05, 0) is 30.3 Å². The molecule has 0 aliphatic carbocycles. The first-order chi connectivity index (χ1) is 14.0. The second-order valence-corrected chi connectivity index (χ2v) is 6.42. The van der Waals surface area contributed by atoms with Gasteiger partial charge in [-0.1, -0.05) is 0 Å². The van der Waals surface area contributed by atoms with Crippen LogP contribution >= 0.6 is 0 Å². The van der Waals surface area contributed by atoms with Gasteiger partial charge in [0.15, 0.2) is 0 Å². The van der Waals surface area contributed by atoms with Gasteiger partial charge in [0.2, 0.25) is 6.41 Å². The van der Waals surface area contributed by atoms with E-state index in [0.717, 1.165) is 6.41 Å². The number of carbonyl (C=O) groups is 4. The van der Waals surface area contributed by atoms with Crippen molar-refractivity contribution in [3.63, 3.8) is 0 Å². The van der Waals surface area contributed by atoms with Crippen molar-refractivity contribution in [2.75, 3.05) is 38.6 Å². The Balaban J connectivity index is 1.67. The molecule has 1 saturated heterocycles. The lowest BCUT2D eigenvalue weighted by Gasteiger charge is -2.32. The second kappa shape index (κ2) is 8.96. The summed E-state index contributed by atoms with van der Waals surface area (Å²) in [5, 5.41) is 2.70. The van der Waals surface area contributed by atoms with E-state index in [9.17, 15) is 19.2 Å². The summed E-state index contributed by atoms with van der Waals surface area (Å²) in [6.07, 6.45) is 3.56. The summed E-state index contributed by atoms with van der Waals surface area (Å²) in [4.78, 5) is 54.7. The number of methoxy groups -OCH3 is 1. The average molecular weight is 396 g/mol. The van der Waals surface area contributed by atoms with Crippen molar-refractivity contribution in [1.82, 2.24) is 14.8 Å². The van der Waals surface area contributed by atoms with E-state index in [-0.39, 0.29) is 11.5 Å². The maximum absolute atomic E-state index is 12.7. The molecule has 1 aromatic heterocycles. The van der Waals surface area contributed by atoms with Gasteiger partial charge in [0.05, 0.1) is 23.8 Å². The standard InChI is InChI=1S/C20H20N4O5/c1-29-20(28)14-2-4-17(5-3-14)22-18(26)15-10-16(12-21-11-15)19(27)24-8-6-23(13-25)7-9-24/h2-5,10-13H,6-9H2,1H3,(H,22,26). The van der Waals surface area contributed by atoms with E-state index in [0.29, 0.717) is 43.0 Å². The molecule has 2 aromatic rings. The summed E-state index contributed by atoms with van der Waals surface area (Å²) in [6, 6.07) is 7.73. The Morgan fingerprint density at radius 3 is 2.28 bits per heavy atom. The first kappa shape index (κ1) is 20.0. The summed E-state index contributed by atoms with van der Waals surface area (Å²) in [5.74, 6) is -1.13. The first-order valence-corrected chi connectivity index (χ1v) is 8.95. The number of hydrogen-bond donors (Lipinski definition) is 1. The van der Waals surface area contributed by atoms with Crippen molar-refractivity contribution < 1.29 is 23.9 Å². The van der Waals surface area contributed by atoms with Crippen LogP contribution in [0.25, 0.3) is 0 Å². The minimum absolute atomic E-state index is 0.236. The highest BCUT2D eigenvalue weighted by Gasteiger charge is 2.22. The van der Waals surface area contributed by atoms with Gasteiger partial charge in [-0.3, -0.25) is 19.4 Å². The van der Waals surface area contributed by atoms with Gasteiger partial charge in [0, 0.05) is 44.3 Å². The monoisotopic (exact) mass is 396 g/mol. The highest BCUT2D eigenvalue weighted by molar-refractivity contribution is 6.06. The van der Waals surface area contributed by atoms with E-state index in [2.05, 4.69) is 15.0 Å². The lowest BCUT2D eigenvalue weighted by Crippen LogP contribution is -2.48. The van der Waals surface area contributed by atoms with Crippen LogP contribution in [0.2, 0.25) is 0 Å². The number of pyridine rings is 1. The first-order valence-electron chi connectivity index (χ1n) is 8.95. The largest absolute Gasteiger partial charge is 0.465 e. The van der Waals surface area contributed by atoms with E-state index in [1.807, 2.05) is 0 Å². The van der Waals surface area contributed by atoms with E-state index in [4.69, 9.17) is 0 Å². The molecule has 3 rings (SSSR count). The number of aromatic nitrogens is 1. The Labute approximate surface area is 167 Å². The van der Waals surface area contributed by atoms with Gasteiger partial charge in [-0.15, -0.1) is 0 Å². The fourth-order valence-corrected chi connectivity index (χ4v) is 2.90. The molecule has 0 spiro atoms. The normalized spacial score (nSPS) is 13.6. The van der Waals surface area contributed by atoms with Crippen LogP contribution in [0.4, 0.5) is 5.69 Å². The second-order valence-electron chi connectivity index (χ2n) is 6.42. The van der Waals surface area contributed by atoms with Gasteiger partial charge < -0.3 is 19.9 Å². The summed E-state index contributed by atoms with van der Waals surface area (Å²) < 4.78 is 4.63. The molecule has 2 heterocycles. The third-order valence-corrected chi connectivity index (χ3v) is 4.56. The van der Waals surface area contributed by atoms with Gasteiger partial charge in [-0.2, -0.15) is 0 Å². The van der Waals surface area contributed by atoms with E-state index in [1.54, 1.807) is 34.1 Å². The van der Waals surface area contributed by atoms with Crippen molar-refractivity contribution in [2.24, 2.45) is 0 Å². The Bertz CT molecular complexity index is 921. The Hall–Kier alpha value is -3.75. The van der Waals surface area contributed by atoms with E-state index < -0.39 is 11.9 Å². The summed E-state index contributed by atoms with van der Waals surface area (Å²) >= 11 is 0. The molecule has 150 valence electrons. The van der Waals surface area contributed by atoms with Gasteiger partial charge >= 0.3 is 5.97 Å². The van der Waals surface area contributed by atoms with Crippen LogP contribution in [0, 0.1) is 0 Å². The molecule has 1 N–H and O–H groups in total. The number of nitrogens with one attached hydrogen (secondary N) is 1. The van der Waals surface area contributed by atoms with Gasteiger partial charge in [0.1, 0.15) is 0 Å². The lowest BCUT2D eigenvalue weighted by atomic mass is 10.1. The number of ether oxygens (including phenoxy) is 1. The third kappa shape index (κ3) is 4.75. The van der Waals surface area contributed by atoms with E-state index in [1.165, 1.54) is 25.6 Å². The summed E-state index contributed by atoms with van der Waals surface area (Å²) in [7, 11) is 1.29. The minimum Gasteiger partial charge on any atom is -0.465 e. The van der Waals surface area contributed by atoms with Crippen LogP contribution in [0.15, 0.2) is 42.7 Å². The van der Waals surface area contributed by atoms with Crippen LogP contribution in [0.5, 0.6) is 0 Å². The van der Waals surface area contributed by atoms with Crippen LogP contribution in [0.1, 0.15) is 31.1 Å². The van der Waals surface area contributed by atoms with Gasteiger partial charge in [-0.25, -0.2) is 4.79 Å². The molecule has 1 fully saturated rings. The fourth-order valence-electron chi connectivity index (χ4n) is 2.90. The molecule has 0 unspecified atom stereocenters. The molecule has 3 amide bonds. The number of amides is 3. The molecule has 29 heavy (non-hydrogen) atoms. The molecule has 0 saturated carbocycles. The number of carbonyl (C=O) groups excluding carboxylic acids is 4. The van der Waals surface area contributed by atoms with Crippen LogP contribution in [-0.4, -0.2) is 72.3 Å².